The minimum atomic E-state index is -0.261. The standard InChI is InChI=1S/C11H11BrN2O/c1-8(10(15)7-14-13)11(12)9-5-3-2-4-6-9/h2-8,11H,1H3. The smallest absolute Gasteiger partial charge is 0.323 e. The molecule has 15 heavy (non-hydrogen) atoms. The molecule has 0 saturated heterocycles. The van der Waals surface area contributed by atoms with Gasteiger partial charge in [-0.2, -0.15) is 4.79 Å². The summed E-state index contributed by atoms with van der Waals surface area (Å²) in [7, 11) is 0. The molecule has 0 aliphatic heterocycles. The highest BCUT2D eigenvalue weighted by Crippen LogP contribution is 2.30. The number of rotatable bonds is 4. The first-order valence-electron chi connectivity index (χ1n) is 4.57. The van der Waals surface area contributed by atoms with Crippen molar-refractivity contribution in [2.45, 2.75) is 11.8 Å². The van der Waals surface area contributed by atoms with Crippen LogP contribution in [-0.2, 0) is 4.79 Å². The van der Waals surface area contributed by atoms with Crippen molar-refractivity contribution >= 4 is 27.9 Å². The van der Waals surface area contributed by atoms with E-state index in [0.29, 0.717) is 0 Å². The first-order chi connectivity index (χ1) is 7.16. The molecule has 0 heterocycles. The van der Waals surface area contributed by atoms with Gasteiger partial charge in [0.1, 0.15) is 0 Å². The summed E-state index contributed by atoms with van der Waals surface area (Å²) in [6.07, 6.45) is 0.932. The number of hydrogen-bond acceptors (Lipinski definition) is 1. The van der Waals surface area contributed by atoms with Gasteiger partial charge in [0.25, 0.3) is 0 Å². The molecule has 0 aromatic heterocycles. The third-order valence-corrected chi connectivity index (χ3v) is 3.51. The van der Waals surface area contributed by atoms with E-state index >= 15 is 0 Å². The summed E-state index contributed by atoms with van der Waals surface area (Å²) in [5.41, 5.74) is 9.30. The molecule has 0 bridgehead atoms. The Morgan fingerprint density at radius 3 is 2.60 bits per heavy atom. The fraction of sp³-hybridized carbons (Fsp3) is 0.273. The Bertz CT molecular complexity index is 385. The van der Waals surface area contributed by atoms with Crippen molar-refractivity contribution in [3.63, 3.8) is 0 Å². The molecule has 2 atom stereocenters. The SMILES string of the molecule is CC(C(=O)C=[N+]=[N-])C(Br)c1ccccc1. The van der Waals surface area contributed by atoms with Gasteiger partial charge in [0, 0.05) is 10.7 Å². The van der Waals surface area contributed by atoms with Crippen molar-refractivity contribution < 1.29 is 9.58 Å². The van der Waals surface area contributed by atoms with E-state index in [4.69, 9.17) is 5.53 Å². The van der Waals surface area contributed by atoms with Crippen molar-refractivity contribution in [2.24, 2.45) is 5.92 Å². The van der Waals surface area contributed by atoms with E-state index in [9.17, 15) is 4.79 Å². The van der Waals surface area contributed by atoms with E-state index in [2.05, 4.69) is 20.7 Å². The predicted molar refractivity (Wildman–Crippen MR) is 62.0 cm³/mol. The number of halogens is 1. The first-order valence-corrected chi connectivity index (χ1v) is 5.48. The molecular weight excluding hydrogens is 256 g/mol. The summed E-state index contributed by atoms with van der Waals surface area (Å²) in [6, 6.07) is 9.64. The van der Waals surface area contributed by atoms with Crippen LogP contribution in [0.1, 0.15) is 17.3 Å². The maximum Gasteiger partial charge on any atom is 0.323 e. The molecule has 0 aliphatic carbocycles. The minimum Gasteiger partial charge on any atom is -0.361 e. The average molecular weight is 267 g/mol. The van der Waals surface area contributed by atoms with Gasteiger partial charge in [-0.25, -0.2) is 0 Å². The molecule has 2 unspecified atom stereocenters. The zero-order valence-electron chi connectivity index (χ0n) is 8.30. The van der Waals surface area contributed by atoms with Crippen LogP contribution in [0.2, 0.25) is 0 Å². The largest absolute Gasteiger partial charge is 0.361 e. The maximum atomic E-state index is 11.4. The summed E-state index contributed by atoms with van der Waals surface area (Å²) >= 11 is 3.46. The lowest BCUT2D eigenvalue weighted by atomic mass is 9.97. The van der Waals surface area contributed by atoms with Crippen LogP contribution in [0.4, 0.5) is 0 Å². The number of hydrogen-bond donors (Lipinski definition) is 0. The molecule has 0 saturated carbocycles. The molecule has 0 fully saturated rings. The van der Waals surface area contributed by atoms with E-state index in [-0.39, 0.29) is 16.5 Å². The number of alkyl halides is 1. The van der Waals surface area contributed by atoms with Gasteiger partial charge in [0.15, 0.2) is 0 Å². The van der Waals surface area contributed by atoms with Crippen LogP contribution in [0.5, 0.6) is 0 Å². The summed E-state index contributed by atoms with van der Waals surface area (Å²) in [5, 5.41) is 0. The van der Waals surface area contributed by atoms with Crippen molar-refractivity contribution in [1.82, 2.24) is 0 Å². The van der Waals surface area contributed by atoms with E-state index in [0.717, 1.165) is 11.8 Å². The highest BCUT2D eigenvalue weighted by atomic mass is 79.9. The second-order valence-electron chi connectivity index (χ2n) is 3.25. The Morgan fingerprint density at radius 1 is 1.47 bits per heavy atom. The summed E-state index contributed by atoms with van der Waals surface area (Å²) < 4.78 is 0. The third-order valence-electron chi connectivity index (χ3n) is 2.19. The monoisotopic (exact) mass is 266 g/mol. The minimum absolute atomic E-state index is 0.0656. The number of nitrogens with zero attached hydrogens (tertiary/aromatic N) is 2. The quantitative estimate of drug-likeness (QED) is 0.358. The van der Waals surface area contributed by atoms with E-state index in [1.54, 1.807) is 6.92 Å². The van der Waals surface area contributed by atoms with Crippen molar-refractivity contribution in [1.29, 1.82) is 0 Å². The van der Waals surface area contributed by atoms with Crippen LogP contribution < -0.4 is 0 Å². The van der Waals surface area contributed by atoms with Crippen molar-refractivity contribution in [3.8, 4) is 0 Å². The van der Waals surface area contributed by atoms with Crippen LogP contribution in [0.3, 0.4) is 0 Å². The van der Waals surface area contributed by atoms with Crippen LogP contribution in [0.25, 0.3) is 5.53 Å². The Balaban J connectivity index is 2.81. The fourth-order valence-corrected chi connectivity index (χ4v) is 1.81. The number of carbonyl (C=O) groups excluding carboxylic acids is 1. The number of ketones is 1. The lowest BCUT2D eigenvalue weighted by Gasteiger charge is -2.14. The van der Waals surface area contributed by atoms with Gasteiger partial charge in [0.05, 0.1) is 0 Å². The normalized spacial score (nSPS) is 13.7. The van der Waals surface area contributed by atoms with Crippen molar-refractivity contribution in [2.75, 3.05) is 0 Å². The Kier molecular flexibility index (Phi) is 4.40. The molecule has 78 valence electrons. The molecule has 1 rings (SSSR count). The Morgan fingerprint density at radius 2 is 2.07 bits per heavy atom. The van der Waals surface area contributed by atoms with Gasteiger partial charge >= 0.3 is 6.21 Å². The Hall–Kier alpha value is -1.25. The zero-order valence-corrected chi connectivity index (χ0v) is 9.89. The maximum absolute atomic E-state index is 11.4. The molecule has 3 nitrogen and oxygen atoms in total. The van der Waals surface area contributed by atoms with Gasteiger partial charge in [0.2, 0.25) is 5.78 Å². The van der Waals surface area contributed by atoms with Crippen LogP contribution in [0.15, 0.2) is 30.3 Å². The molecule has 0 spiro atoms. The van der Waals surface area contributed by atoms with Gasteiger partial charge in [-0.05, 0) is 5.56 Å². The summed E-state index contributed by atoms with van der Waals surface area (Å²) in [5.74, 6) is -0.466. The summed E-state index contributed by atoms with van der Waals surface area (Å²) in [4.78, 5) is 14.1. The fourth-order valence-electron chi connectivity index (χ4n) is 1.24. The highest BCUT2D eigenvalue weighted by Gasteiger charge is 2.23. The van der Waals surface area contributed by atoms with Crippen LogP contribution in [-0.4, -0.2) is 16.8 Å². The van der Waals surface area contributed by atoms with Crippen LogP contribution in [0, 0.1) is 5.92 Å². The van der Waals surface area contributed by atoms with Gasteiger partial charge in [-0.15, -0.1) is 0 Å². The first kappa shape index (κ1) is 11.8. The molecule has 1 aromatic rings. The zero-order chi connectivity index (χ0) is 11.3. The van der Waals surface area contributed by atoms with Gasteiger partial charge < -0.3 is 5.53 Å². The Labute approximate surface area is 96.9 Å². The van der Waals surface area contributed by atoms with E-state index < -0.39 is 0 Å². The molecule has 0 amide bonds. The number of benzene rings is 1. The van der Waals surface area contributed by atoms with Gasteiger partial charge in [-0.1, -0.05) is 53.2 Å². The topological polar surface area (TPSA) is 53.5 Å². The predicted octanol–water partition coefficient (Wildman–Crippen LogP) is 2.63. The molecule has 0 radical (unpaired) electrons. The van der Waals surface area contributed by atoms with Crippen molar-refractivity contribution in [3.05, 3.63) is 41.4 Å². The number of carbonyl (C=O) groups is 1. The number of Topliss-reactive ketones (excluding diaryl/α,β-unsaturated/α-hetero) is 1. The average Bonchev–Trinajstić information content (AvgIpc) is 2.28. The van der Waals surface area contributed by atoms with Crippen LogP contribution >= 0.6 is 15.9 Å². The summed E-state index contributed by atoms with van der Waals surface area (Å²) in [6.45, 7) is 1.79. The second kappa shape index (κ2) is 5.59. The third kappa shape index (κ3) is 3.11. The molecule has 4 heteroatoms. The molecule has 0 N–H and O–H groups in total. The molecule has 1 aromatic carbocycles. The van der Waals surface area contributed by atoms with E-state index in [1.807, 2.05) is 30.3 Å². The molecule has 0 aliphatic rings. The second-order valence-corrected chi connectivity index (χ2v) is 4.23. The van der Waals surface area contributed by atoms with E-state index in [1.165, 1.54) is 0 Å². The highest BCUT2D eigenvalue weighted by molar-refractivity contribution is 9.09. The molecular formula is C11H11BrN2O. The van der Waals surface area contributed by atoms with Gasteiger partial charge in [-0.3, -0.25) is 4.79 Å². The lowest BCUT2D eigenvalue weighted by Crippen LogP contribution is -2.17. The lowest BCUT2D eigenvalue weighted by molar-refractivity contribution is -0.119.